The number of benzene rings is 1. The number of nitrogens with zero attached hydrogens (tertiary/aromatic N) is 4. The van der Waals surface area contributed by atoms with E-state index < -0.39 is 6.67 Å². The Balaban J connectivity index is 1.50. The number of H-pyrrole nitrogens is 1. The predicted molar refractivity (Wildman–Crippen MR) is 100 cm³/mol. The number of alkyl halides is 1. The summed E-state index contributed by atoms with van der Waals surface area (Å²) in [6.45, 7) is 3.88. The molecule has 1 aliphatic rings. The zero-order valence-electron chi connectivity index (χ0n) is 15.9. The zero-order valence-corrected chi connectivity index (χ0v) is 15.9. The maximum absolute atomic E-state index is 13.7. The van der Waals surface area contributed by atoms with Crippen molar-refractivity contribution < 1.29 is 13.7 Å². The lowest BCUT2D eigenvalue weighted by molar-refractivity contribution is -0.129. The van der Waals surface area contributed by atoms with Gasteiger partial charge in [0.15, 0.2) is 5.82 Å². The number of carbonyl (C=O) groups excluding carboxylic acids is 1. The van der Waals surface area contributed by atoms with Gasteiger partial charge in [0.1, 0.15) is 11.6 Å². The zero-order chi connectivity index (χ0) is 19.7. The summed E-state index contributed by atoms with van der Waals surface area (Å²) >= 11 is 0. The molecule has 2 aromatic heterocycles. The quantitative estimate of drug-likeness (QED) is 0.732. The first-order valence-electron chi connectivity index (χ1n) is 9.30. The van der Waals surface area contributed by atoms with Crippen LogP contribution in [0.3, 0.4) is 0 Å². The standard InChI is InChI=1S/C20H22FN5O2/c1-12-16(13(2)28-25-12)8-18(27)26-10-15(9-21)17(11-26)20-22-19(23-24-20)14-6-4-3-5-7-14/h3-7,15,17H,8-11H2,1-2H3,(H,22,23,24)/t15-,17-/m1/s1. The molecule has 1 saturated heterocycles. The van der Waals surface area contributed by atoms with Gasteiger partial charge in [-0.05, 0) is 13.8 Å². The normalized spacial score (nSPS) is 19.3. The number of hydrogen-bond acceptors (Lipinski definition) is 5. The van der Waals surface area contributed by atoms with Gasteiger partial charge in [0.2, 0.25) is 5.91 Å². The van der Waals surface area contributed by atoms with Crippen molar-refractivity contribution in [1.29, 1.82) is 0 Å². The van der Waals surface area contributed by atoms with Crippen molar-refractivity contribution in [3.05, 3.63) is 53.2 Å². The monoisotopic (exact) mass is 383 g/mol. The molecule has 0 unspecified atom stereocenters. The summed E-state index contributed by atoms with van der Waals surface area (Å²) in [4.78, 5) is 19.0. The van der Waals surface area contributed by atoms with E-state index in [4.69, 9.17) is 4.52 Å². The summed E-state index contributed by atoms with van der Waals surface area (Å²) in [5.74, 6) is 1.28. The molecule has 8 heteroatoms. The van der Waals surface area contributed by atoms with Crippen molar-refractivity contribution in [2.75, 3.05) is 19.8 Å². The first-order chi connectivity index (χ1) is 13.6. The highest BCUT2D eigenvalue weighted by molar-refractivity contribution is 5.79. The third-order valence-corrected chi connectivity index (χ3v) is 5.39. The Morgan fingerprint density at radius 2 is 2.07 bits per heavy atom. The Labute approximate surface area is 161 Å². The number of rotatable bonds is 5. The Morgan fingerprint density at radius 1 is 1.29 bits per heavy atom. The fourth-order valence-electron chi connectivity index (χ4n) is 3.71. The minimum Gasteiger partial charge on any atom is -0.361 e. The topological polar surface area (TPSA) is 87.9 Å². The molecule has 1 amide bonds. The molecule has 0 saturated carbocycles. The maximum Gasteiger partial charge on any atom is 0.227 e. The van der Waals surface area contributed by atoms with Crippen molar-refractivity contribution >= 4 is 5.91 Å². The second kappa shape index (κ2) is 7.53. The van der Waals surface area contributed by atoms with Crippen molar-refractivity contribution in [3.8, 4) is 11.4 Å². The number of nitrogens with one attached hydrogen (secondary N) is 1. The molecule has 0 bridgehead atoms. The molecule has 1 aliphatic heterocycles. The van der Waals surface area contributed by atoms with Crippen LogP contribution in [0.25, 0.3) is 11.4 Å². The van der Waals surface area contributed by atoms with Crippen molar-refractivity contribution in [1.82, 2.24) is 25.2 Å². The first kappa shape index (κ1) is 18.3. The van der Waals surface area contributed by atoms with Gasteiger partial charge in [0.25, 0.3) is 0 Å². The lowest BCUT2D eigenvalue weighted by Gasteiger charge is -2.15. The molecule has 1 fully saturated rings. The molecule has 2 atom stereocenters. The Kier molecular flexibility index (Phi) is 4.93. The SMILES string of the molecule is Cc1noc(C)c1CC(=O)N1C[C@@H](CF)[C@H](c2nc(-c3ccccc3)n[nH]2)C1. The van der Waals surface area contributed by atoms with E-state index in [0.717, 1.165) is 11.1 Å². The van der Waals surface area contributed by atoms with E-state index >= 15 is 0 Å². The second-order valence-corrected chi connectivity index (χ2v) is 7.21. The van der Waals surface area contributed by atoms with Gasteiger partial charge < -0.3 is 9.42 Å². The average molecular weight is 383 g/mol. The van der Waals surface area contributed by atoms with E-state index in [-0.39, 0.29) is 24.2 Å². The van der Waals surface area contributed by atoms with Crippen LogP contribution in [0, 0.1) is 19.8 Å². The van der Waals surface area contributed by atoms with Crippen molar-refractivity contribution in [3.63, 3.8) is 0 Å². The van der Waals surface area contributed by atoms with Gasteiger partial charge >= 0.3 is 0 Å². The smallest absolute Gasteiger partial charge is 0.227 e. The molecular formula is C20H22FN5O2. The molecular weight excluding hydrogens is 361 g/mol. The Bertz CT molecular complexity index is 949. The van der Waals surface area contributed by atoms with E-state index in [1.807, 2.05) is 37.3 Å². The summed E-state index contributed by atoms with van der Waals surface area (Å²) in [7, 11) is 0. The van der Waals surface area contributed by atoms with Crippen LogP contribution in [0.4, 0.5) is 4.39 Å². The van der Waals surface area contributed by atoms with Crippen LogP contribution in [-0.2, 0) is 11.2 Å². The van der Waals surface area contributed by atoms with Crippen molar-refractivity contribution in [2.45, 2.75) is 26.2 Å². The minimum absolute atomic E-state index is 0.0573. The molecule has 1 N–H and O–H groups in total. The maximum atomic E-state index is 13.7. The highest BCUT2D eigenvalue weighted by Gasteiger charge is 2.38. The lowest BCUT2D eigenvalue weighted by atomic mass is 9.97. The van der Waals surface area contributed by atoms with Crippen LogP contribution < -0.4 is 0 Å². The number of halogens is 1. The predicted octanol–water partition coefficient (Wildman–Crippen LogP) is 2.83. The number of carbonyl (C=O) groups is 1. The van der Waals surface area contributed by atoms with Gasteiger partial charge in [-0.1, -0.05) is 35.5 Å². The third kappa shape index (κ3) is 3.42. The minimum atomic E-state index is -0.513. The third-order valence-electron chi connectivity index (χ3n) is 5.39. The number of aryl methyl sites for hydroxylation is 2. The lowest BCUT2D eigenvalue weighted by Crippen LogP contribution is -2.30. The molecule has 0 radical (unpaired) electrons. The first-order valence-corrected chi connectivity index (χ1v) is 9.30. The van der Waals surface area contributed by atoms with Gasteiger partial charge in [-0.3, -0.25) is 14.3 Å². The molecule has 0 aliphatic carbocycles. The number of likely N-dealkylation sites (tertiary alicyclic amines) is 1. The molecule has 146 valence electrons. The number of amides is 1. The van der Waals surface area contributed by atoms with Gasteiger partial charge in [-0.2, -0.15) is 5.10 Å². The van der Waals surface area contributed by atoms with Gasteiger partial charge in [-0.25, -0.2) is 4.98 Å². The van der Waals surface area contributed by atoms with Crippen LogP contribution in [0.2, 0.25) is 0 Å². The summed E-state index contributed by atoms with van der Waals surface area (Å²) in [6.07, 6.45) is 0.207. The van der Waals surface area contributed by atoms with E-state index in [9.17, 15) is 9.18 Å². The van der Waals surface area contributed by atoms with Crippen LogP contribution in [0.1, 0.15) is 28.8 Å². The van der Waals surface area contributed by atoms with Gasteiger partial charge in [0, 0.05) is 36.1 Å². The molecule has 0 spiro atoms. The summed E-state index contributed by atoms with van der Waals surface area (Å²) in [6, 6.07) is 9.61. The highest BCUT2D eigenvalue weighted by Crippen LogP contribution is 2.32. The summed E-state index contributed by atoms with van der Waals surface area (Å²) in [5, 5.41) is 11.1. The van der Waals surface area contributed by atoms with Gasteiger partial charge in [0.05, 0.1) is 18.8 Å². The number of aromatic amines is 1. The van der Waals surface area contributed by atoms with E-state index in [1.165, 1.54) is 0 Å². The largest absolute Gasteiger partial charge is 0.361 e. The fourth-order valence-corrected chi connectivity index (χ4v) is 3.71. The average Bonchev–Trinajstić information content (AvgIpc) is 3.43. The Hall–Kier alpha value is -3.03. The molecule has 3 aromatic rings. The molecule has 7 nitrogen and oxygen atoms in total. The Morgan fingerprint density at radius 3 is 2.75 bits per heavy atom. The fraction of sp³-hybridized carbons (Fsp3) is 0.400. The molecule has 28 heavy (non-hydrogen) atoms. The van der Waals surface area contributed by atoms with E-state index in [0.29, 0.717) is 36.2 Å². The van der Waals surface area contributed by atoms with E-state index in [2.05, 4.69) is 20.3 Å². The van der Waals surface area contributed by atoms with Crippen LogP contribution >= 0.6 is 0 Å². The van der Waals surface area contributed by atoms with Crippen LogP contribution in [0.15, 0.2) is 34.9 Å². The molecule has 1 aromatic carbocycles. The summed E-state index contributed by atoms with van der Waals surface area (Å²) < 4.78 is 18.8. The van der Waals surface area contributed by atoms with Crippen LogP contribution in [-0.4, -0.2) is 50.9 Å². The molecule has 4 rings (SSSR count). The van der Waals surface area contributed by atoms with Crippen molar-refractivity contribution in [2.24, 2.45) is 5.92 Å². The summed E-state index contributed by atoms with van der Waals surface area (Å²) in [5.41, 5.74) is 2.41. The van der Waals surface area contributed by atoms with Gasteiger partial charge in [-0.15, -0.1) is 0 Å². The second-order valence-electron chi connectivity index (χ2n) is 7.21. The number of aromatic nitrogens is 4. The van der Waals surface area contributed by atoms with Crippen LogP contribution in [0.5, 0.6) is 0 Å². The number of hydrogen-bond donors (Lipinski definition) is 1. The van der Waals surface area contributed by atoms with E-state index in [1.54, 1.807) is 11.8 Å². The molecule has 3 heterocycles. The highest BCUT2D eigenvalue weighted by atomic mass is 19.1.